The second-order valence-corrected chi connectivity index (χ2v) is 6.76. The number of aromatic nitrogens is 1. The van der Waals surface area contributed by atoms with Gasteiger partial charge in [-0.1, -0.05) is 48.5 Å². The summed E-state index contributed by atoms with van der Waals surface area (Å²) in [4.78, 5) is 8.47. The zero-order chi connectivity index (χ0) is 19.5. The molecule has 28 heavy (non-hydrogen) atoms. The molecule has 0 spiro atoms. The van der Waals surface area contributed by atoms with E-state index in [1.165, 1.54) is 5.56 Å². The maximum absolute atomic E-state index is 6.20. The van der Waals surface area contributed by atoms with Crippen LogP contribution in [-0.4, -0.2) is 18.2 Å². The highest BCUT2D eigenvalue weighted by atomic mass is 16.3. The number of hydrogen-bond donors (Lipinski definition) is 0. The summed E-state index contributed by atoms with van der Waals surface area (Å²) in [5.41, 5.74) is 7.32. The van der Waals surface area contributed by atoms with E-state index in [4.69, 9.17) is 4.42 Å². The molecule has 0 aliphatic heterocycles. The second-order valence-electron chi connectivity index (χ2n) is 6.76. The number of aryl methyl sites for hydroxylation is 1. The van der Waals surface area contributed by atoms with Crippen LogP contribution in [0.3, 0.4) is 0 Å². The van der Waals surface area contributed by atoms with Crippen LogP contribution in [0.25, 0.3) is 33.2 Å². The average Bonchev–Trinajstić information content (AvgIpc) is 3.10. The number of hydrogen-bond acceptors (Lipinski definition) is 3. The topological polar surface area (TPSA) is 38.4 Å². The molecular formula is C25H22N2O. The van der Waals surface area contributed by atoms with Gasteiger partial charge in [-0.05, 0) is 54.3 Å². The maximum Gasteiger partial charge on any atom is 0.227 e. The normalized spacial score (nSPS) is 13.1. The van der Waals surface area contributed by atoms with Crippen LogP contribution in [0, 0.1) is 6.92 Å². The van der Waals surface area contributed by atoms with Gasteiger partial charge in [0.25, 0.3) is 0 Å². The summed E-state index contributed by atoms with van der Waals surface area (Å²) < 4.78 is 6.20. The molecule has 0 aliphatic carbocycles. The molecule has 0 unspecified atom stereocenters. The lowest BCUT2D eigenvalue weighted by atomic mass is 9.91. The summed E-state index contributed by atoms with van der Waals surface area (Å²) >= 11 is 0. The summed E-state index contributed by atoms with van der Waals surface area (Å²) in [5, 5.41) is 2.14. The third-order valence-corrected chi connectivity index (χ3v) is 4.99. The number of fused-ring (bicyclic) bond motifs is 3. The molecule has 3 nitrogen and oxygen atoms in total. The summed E-state index contributed by atoms with van der Waals surface area (Å²) in [6.07, 6.45) is 7.65. The first-order valence-electron chi connectivity index (χ1n) is 9.33. The lowest BCUT2D eigenvalue weighted by Gasteiger charge is -2.13. The van der Waals surface area contributed by atoms with Crippen LogP contribution in [0.1, 0.15) is 23.6 Å². The summed E-state index contributed by atoms with van der Waals surface area (Å²) in [7, 11) is 1.77. The highest BCUT2D eigenvalue weighted by Gasteiger charge is 2.16. The molecule has 0 amide bonds. The number of furan rings is 1. The van der Waals surface area contributed by atoms with E-state index in [0.717, 1.165) is 38.6 Å². The van der Waals surface area contributed by atoms with Crippen LogP contribution in [-0.2, 0) is 0 Å². The molecule has 3 heteroatoms. The van der Waals surface area contributed by atoms with Gasteiger partial charge in [-0.25, -0.2) is 4.98 Å². The fraction of sp³-hybridized carbons (Fsp3) is 0.120. The van der Waals surface area contributed by atoms with Crippen molar-refractivity contribution < 1.29 is 4.42 Å². The number of nitrogens with zero attached hydrogens (tertiary/aromatic N) is 2. The molecule has 4 rings (SSSR count). The van der Waals surface area contributed by atoms with Gasteiger partial charge in [-0.2, -0.15) is 0 Å². The molecular weight excluding hydrogens is 344 g/mol. The molecule has 0 radical (unpaired) electrons. The van der Waals surface area contributed by atoms with Crippen molar-refractivity contribution in [1.82, 2.24) is 4.98 Å². The Balaban J connectivity index is 2.03. The van der Waals surface area contributed by atoms with Crippen molar-refractivity contribution in [1.29, 1.82) is 0 Å². The monoisotopic (exact) mass is 366 g/mol. The molecule has 0 saturated carbocycles. The number of pyridine rings is 1. The zero-order valence-electron chi connectivity index (χ0n) is 16.3. The SMILES string of the molecule is CN=C/C=C\C(=C(/C)c1c(C)ccc2c1oc1ncccc12)c1ccccc1. The van der Waals surface area contributed by atoms with E-state index < -0.39 is 0 Å². The lowest BCUT2D eigenvalue weighted by Crippen LogP contribution is -1.92. The highest BCUT2D eigenvalue weighted by Crippen LogP contribution is 2.37. The predicted octanol–water partition coefficient (Wildman–Crippen LogP) is 6.48. The average molecular weight is 366 g/mol. The first-order chi connectivity index (χ1) is 13.7. The molecule has 0 atom stereocenters. The molecule has 138 valence electrons. The Morgan fingerprint density at radius 1 is 1.00 bits per heavy atom. The third-order valence-electron chi connectivity index (χ3n) is 4.99. The number of rotatable bonds is 4. The molecule has 4 aromatic rings. The lowest BCUT2D eigenvalue weighted by molar-refractivity contribution is 0.652. The van der Waals surface area contributed by atoms with Gasteiger partial charge in [-0.15, -0.1) is 0 Å². The second kappa shape index (κ2) is 7.65. The Hall–Kier alpha value is -3.46. The van der Waals surface area contributed by atoms with E-state index in [-0.39, 0.29) is 0 Å². The van der Waals surface area contributed by atoms with Gasteiger partial charge in [0.2, 0.25) is 5.71 Å². The Morgan fingerprint density at radius 3 is 2.61 bits per heavy atom. The summed E-state index contributed by atoms with van der Waals surface area (Å²) in [6, 6.07) is 18.7. The highest BCUT2D eigenvalue weighted by molar-refractivity contribution is 6.10. The minimum absolute atomic E-state index is 0.673. The molecule has 2 heterocycles. The molecule has 2 aromatic carbocycles. The first kappa shape index (κ1) is 17.9. The van der Waals surface area contributed by atoms with Gasteiger partial charge < -0.3 is 4.42 Å². The van der Waals surface area contributed by atoms with Crippen LogP contribution in [0.4, 0.5) is 0 Å². The van der Waals surface area contributed by atoms with Gasteiger partial charge in [0.05, 0.1) is 0 Å². The van der Waals surface area contributed by atoms with Crippen LogP contribution in [0.2, 0.25) is 0 Å². The molecule has 0 bridgehead atoms. The van der Waals surface area contributed by atoms with Gasteiger partial charge >= 0.3 is 0 Å². The Bertz CT molecular complexity index is 1230. The summed E-state index contributed by atoms with van der Waals surface area (Å²) in [6.45, 7) is 4.27. The first-order valence-corrected chi connectivity index (χ1v) is 9.33. The Morgan fingerprint density at radius 2 is 1.82 bits per heavy atom. The van der Waals surface area contributed by atoms with Crippen LogP contribution in [0.15, 0.2) is 82.4 Å². The van der Waals surface area contributed by atoms with Crippen molar-refractivity contribution in [2.24, 2.45) is 4.99 Å². The van der Waals surface area contributed by atoms with Crippen molar-refractivity contribution in [3.05, 3.63) is 89.6 Å². The van der Waals surface area contributed by atoms with E-state index >= 15 is 0 Å². The van der Waals surface area contributed by atoms with E-state index in [0.29, 0.717) is 5.71 Å². The van der Waals surface area contributed by atoms with Crippen molar-refractivity contribution in [2.75, 3.05) is 7.05 Å². The fourth-order valence-corrected chi connectivity index (χ4v) is 3.65. The smallest absolute Gasteiger partial charge is 0.227 e. The zero-order valence-corrected chi connectivity index (χ0v) is 16.3. The van der Waals surface area contributed by atoms with Crippen molar-refractivity contribution in [2.45, 2.75) is 13.8 Å². The van der Waals surface area contributed by atoms with Crippen molar-refractivity contribution in [3.8, 4) is 0 Å². The number of allylic oxidation sites excluding steroid dienone is 4. The largest absolute Gasteiger partial charge is 0.437 e. The van der Waals surface area contributed by atoms with Gasteiger partial charge in [0.1, 0.15) is 5.58 Å². The Labute approximate surface area is 164 Å². The minimum atomic E-state index is 0.673. The van der Waals surface area contributed by atoms with Crippen LogP contribution in [0.5, 0.6) is 0 Å². The summed E-state index contributed by atoms with van der Waals surface area (Å²) in [5.74, 6) is 0. The predicted molar refractivity (Wildman–Crippen MR) is 119 cm³/mol. The minimum Gasteiger partial charge on any atom is -0.437 e. The molecule has 0 aliphatic rings. The van der Waals surface area contributed by atoms with E-state index in [9.17, 15) is 0 Å². The number of benzene rings is 2. The third kappa shape index (κ3) is 3.16. The molecule has 0 N–H and O–H groups in total. The fourth-order valence-electron chi connectivity index (χ4n) is 3.65. The van der Waals surface area contributed by atoms with Gasteiger partial charge in [-0.3, -0.25) is 4.99 Å². The quantitative estimate of drug-likeness (QED) is 0.236. The maximum atomic E-state index is 6.20. The van der Waals surface area contributed by atoms with Crippen molar-refractivity contribution >= 4 is 39.4 Å². The Kier molecular flexibility index (Phi) is 4.90. The van der Waals surface area contributed by atoms with Crippen LogP contribution >= 0.6 is 0 Å². The molecule has 0 saturated heterocycles. The van der Waals surface area contributed by atoms with Gasteiger partial charge in [0, 0.05) is 35.8 Å². The standard InChI is InChI=1S/C25H22N2O/c1-17-13-14-21-22-12-8-16-27-25(22)28-24(21)23(17)18(2)20(11-7-15-26-3)19-9-5-4-6-10-19/h4-16H,1-3H3/b11-7-,20-18-,26-15?. The van der Waals surface area contributed by atoms with E-state index in [1.54, 1.807) is 19.5 Å². The molecule has 0 fully saturated rings. The van der Waals surface area contributed by atoms with Gasteiger partial charge in [0.15, 0.2) is 0 Å². The van der Waals surface area contributed by atoms with E-state index in [2.05, 4.69) is 72.4 Å². The van der Waals surface area contributed by atoms with E-state index in [1.807, 2.05) is 18.2 Å². The molecule has 2 aromatic heterocycles. The van der Waals surface area contributed by atoms with Crippen LogP contribution < -0.4 is 0 Å². The number of aliphatic imine (C=N–C) groups is 1. The van der Waals surface area contributed by atoms with Crippen molar-refractivity contribution in [3.63, 3.8) is 0 Å².